The van der Waals surface area contributed by atoms with Crippen molar-refractivity contribution in [3.05, 3.63) is 42.0 Å². The molecule has 156 valence electrons. The average molecular weight is 410 g/mol. The van der Waals surface area contributed by atoms with Gasteiger partial charge in [0.1, 0.15) is 17.4 Å². The summed E-state index contributed by atoms with van der Waals surface area (Å²) in [7, 11) is 3.74. The third kappa shape index (κ3) is 3.47. The molecule has 1 fully saturated rings. The van der Waals surface area contributed by atoms with Crippen LogP contribution in [-0.2, 0) is 18.3 Å². The van der Waals surface area contributed by atoms with Crippen molar-refractivity contribution in [1.29, 1.82) is 0 Å². The zero-order chi connectivity index (χ0) is 21.6. The number of benzene rings is 1. The summed E-state index contributed by atoms with van der Waals surface area (Å²) in [5.74, 6) is -1.51. The minimum atomic E-state index is -1.07. The lowest BCUT2D eigenvalue weighted by molar-refractivity contribution is -0.117. The number of primary amides is 1. The number of nitrogens with one attached hydrogen (secondary N) is 1. The highest BCUT2D eigenvalue weighted by molar-refractivity contribution is 6.03. The summed E-state index contributed by atoms with van der Waals surface area (Å²) in [6, 6.07) is 5.45. The summed E-state index contributed by atoms with van der Waals surface area (Å²) in [5, 5.41) is 2.83. The van der Waals surface area contributed by atoms with Crippen LogP contribution in [0.25, 0.3) is 11.0 Å². The van der Waals surface area contributed by atoms with Crippen molar-refractivity contribution >= 4 is 39.9 Å². The van der Waals surface area contributed by atoms with Gasteiger partial charge in [0, 0.05) is 19.8 Å². The van der Waals surface area contributed by atoms with Crippen LogP contribution >= 0.6 is 0 Å². The number of nitrogens with two attached hydrogens (primary N) is 1. The normalized spacial score (nSPS) is 17.7. The van der Waals surface area contributed by atoms with Crippen LogP contribution in [0.2, 0.25) is 0 Å². The Bertz CT molecular complexity index is 1160. The molecule has 4 rings (SSSR count). The number of amides is 2. The van der Waals surface area contributed by atoms with Crippen LogP contribution in [0.4, 0.5) is 21.5 Å². The van der Waals surface area contributed by atoms with Gasteiger partial charge in [-0.2, -0.15) is 0 Å². The summed E-state index contributed by atoms with van der Waals surface area (Å²) in [4.78, 5) is 34.3. The van der Waals surface area contributed by atoms with Crippen molar-refractivity contribution in [3.63, 3.8) is 0 Å². The monoisotopic (exact) mass is 410 g/mol. The maximum absolute atomic E-state index is 13.3. The number of aromatic nitrogens is 3. The minimum absolute atomic E-state index is 0.212. The minimum Gasteiger partial charge on any atom is -0.364 e. The van der Waals surface area contributed by atoms with Gasteiger partial charge >= 0.3 is 0 Å². The first-order valence-corrected chi connectivity index (χ1v) is 9.72. The smallest absolute Gasteiger partial charge is 0.267 e. The number of hydrogen-bond donors (Lipinski definition) is 2. The molecule has 1 saturated carbocycles. The molecule has 8 nitrogen and oxygen atoms in total. The van der Waals surface area contributed by atoms with Crippen molar-refractivity contribution in [1.82, 2.24) is 14.5 Å². The number of imidazole rings is 1. The van der Waals surface area contributed by atoms with Gasteiger partial charge in [0.25, 0.3) is 5.91 Å². The van der Waals surface area contributed by atoms with Crippen LogP contribution in [-0.4, -0.2) is 39.6 Å². The lowest BCUT2D eigenvalue weighted by atomic mass is 10.1. The second-order valence-electron chi connectivity index (χ2n) is 7.54. The summed E-state index contributed by atoms with van der Waals surface area (Å²) in [5.41, 5.74) is 10.1. The second-order valence-corrected chi connectivity index (χ2v) is 7.54. The molecule has 1 aliphatic rings. The molecule has 3 aromatic rings. The molecule has 3 N–H and O–H groups in total. The SMILES string of the molecule is CCc1cc(C(N)=O)ncc1N(C)c1cc(NC(=O)C2CC2F)c2ncn(C)c2c1. The molecule has 30 heavy (non-hydrogen) atoms. The quantitative estimate of drug-likeness (QED) is 0.650. The highest BCUT2D eigenvalue weighted by Crippen LogP contribution is 2.37. The molecular formula is C21H23FN6O2. The molecular weight excluding hydrogens is 387 g/mol. The Hall–Kier alpha value is -3.49. The molecule has 2 amide bonds. The second kappa shape index (κ2) is 7.40. The fourth-order valence-electron chi connectivity index (χ4n) is 3.51. The number of halogens is 1. The molecule has 1 aliphatic carbocycles. The van der Waals surface area contributed by atoms with E-state index < -0.39 is 18.0 Å². The van der Waals surface area contributed by atoms with Gasteiger partial charge in [-0.3, -0.25) is 9.59 Å². The molecule has 9 heteroatoms. The van der Waals surface area contributed by atoms with E-state index in [1.165, 1.54) is 0 Å². The third-order valence-electron chi connectivity index (χ3n) is 5.47. The molecule has 0 radical (unpaired) electrons. The van der Waals surface area contributed by atoms with E-state index in [0.717, 1.165) is 22.5 Å². The number of alkyl halides is 1. The van der Waals surface area contributed by atoms with E-state index >= 15 is 0 Å². The van der Waals surface area contributed by atoms with Crippen LogP contribution in [0.15, 0.2) is 30.7 Å². The zero-order valence-electron chi connectivity index (χ0n) is 17.0. The topological polar surface area (TPSA) is 106 Å². The average Bonchev–Trinajstić information content (AvgIpc) is 3.36. The Labute approximate surface area is 172 Å². The van der Waals surface area contributed by atoms with Crippen LogP contribution in [0.1, 0.15) is 29.4 Å². The van der Waals surface area contributed by atoms with Gasteiger partial charge in [0.05, 0.1) is 35.3 Å². The summed E-state index contributed by atoms with van der Waals surface area (Å²) < 4.78 is 15.2. The van der Waals surface area contributed by atoms with E-state index in [9.17, 15) is 14.0 Å². The molecule has 0 bridgehead atoms. The Morgan fingerprint density at radius 3 is 2.70 bits per heavy atom. The number of nitrogens with zero attached hydrogens (tertiary/aromatic N) is 4. The number of fused-ring (bicyclic) bond motifs is 1. The molecule has 0 spiro atoms. The van der Waals surface area contributed by atoms with E-state index in [-0.39, 0.29) is 18.0 Å². The van der Waals surface area contributed by atoms with Gasteiger partial charge in [-0.1, -0.05) is 6.92 Å². The number of pyridine rings is 1. The van der Waals surface area contributed by atoms with Crippen LogP contribution in [0, 0.1) is 5.92 Å². The predicted molar refractivity (Wildman–Crippen MR) is 113 cm³/mol. The van der Waals surface area contributed by atoms with Crippen molar-refractivity contribution in [2.24, 2.45) is 18.7 Å². The Kier molecular flexibility index (Phi) is 4.89. The molecule has 2 atom stereocenters. The van der Waals surface area contributed by atoms with Gasteiger partial charge in [-0.25, -0.2) is 14.4 Å². The molecule has 0 saturated heterocycles. The van der Waals surface area contributed by atoms with Crippen molar-refractivity contribution < 1.29 is 14.0 Å². The van der Waals surface area contributed by atoms with Gasteiger partial charge in [-0.15, -0.1) is 0 Å². The van der Waals surface area contributed by atoms with Gasteiger partial charge in [-0.05, 0) is 36.6 Å². The first-order valence-electron chi connectivity index (χ1n) is 9.72. The highest BCUT2D eigenvalue weighted by Gasteiger charge is 2.43. The number of aryl methyl sites for hydroxylation is 2. The Balaban J connectivity index is 1.76. The zero-order valence-corrected chi connectivity index (χ0v) is 17.0. The summed E-state index contributed by atoms with van der Waals surface area (Å²) >= 11 is 0. The first kappa shape index (κ1) is 19.8. The summed E-state index contributed by atoms with van der Waals surface area (Å²) in [6.45, 7) is 1.98. The lowest BCUT2D eigenvalue weighted by Gasteiger charge is -2.23. The Morgan fingerprint density at radius 1 is 1.33 bits per heavy atom. The van der Waals surface area contributed by atoms with Crippen LogP contribution < -0.4 is 16.0 Å². The Morgan fingerprint density at radius 2 is 2.07 bits per heavy atom. The largest absolute Gasteiger partial charge is 0.364 e. The van der Waals surface area contributed by atoms with E-state index in [4.69, 9.17) is 5.73 Å². The maximum atomic E-state index is 13.3. The van der Waals surface area contributed by atoms with E-state index in [0.29, 0.717) is 17.6 Å². The van der Waals surface area contributed by atoms with Crippen LogP contribution in [0.3, 0.4) is 0 Å². The number of anilines is 3. The van der Waals surface area contributed by atoms with E-state index in [1.807, 2.05) is 42.6 Å². The fraction of sp³-hybridized carbons (Fsp3) is 0.333. The maximum Gasteiger partial charge on any atom is 0.267 e. The standard InChI is InChI=1S/C21H23FN6O2/c1-4-11-5-16(20(23)29)24-9-18(11)28(3)12-6-15(26-21(30)13-8-14(13)22)19-17(7-12)27(2)10-25-19/h5-7,9-10,13-14H,4,8H2,1-3H3,(H2,23,29)(H,26,30). The molecule has 2 heterocycles. The lowest BCUT2D eigenvalue weighted by Crippen LogP contribution is -2.18. The van der Waals surface area contributed by atoms with E-state index in [1.54, 1.807) is 18.6 Å². The number of hydrogen-bond acceptors (Lipinski definition) is 5. The number of rotatable bonds is 6. The molecule has 0 aliphatic heterocycles. The van der Waals surface area contributed by atoms with Gasteiger partial charge < -0.3 is 20.5 Å². The highest BCUT2D eigenvalue weighted by atomic mass is 19.1. The summed E-state index contributed by atoms with van der Waals surface area (Å²) in [6.07, 6.45) is 3.15. The molecule has 1 aromatic carbocycles. The predicted octanol–water partition coefficient (Wildman–Crippen LogP) is 2.69. The number of carbonyl (C=O) groups is 2. The van der Waals surface area contributed by atoms with Crippen molar-refractivity contribution in [3.8, 4) is 0 Å². The third-order valence-corrected chi connectivity index (χ3v) is 5.47. The fourth-order valence-corrected chi connectivity index (χ4v) is 3.51. The van der Waals surface area contributed by atoms with Gasteiger partial charge in [0.15, 0.2) is 0 Å². The van der Waals surface area contributed by atoms with Crippen LogP contribution in [0.5, 0.6) is 0 Å². The van der Waals surface area contributed by atoms with Gasteiger partial charge in [0.2, 0.25) is 5.91 Å². The molecule has 2 aromatic heterocycles. The molecule has 2 unspecified atom stereocenters. The van der Waals surface area contributed by atoms with E-state index in [2.05, 4.69) is 15.3 Å². The first-order chi connectivity index (χ1) is 14.3. The number of carbonyl (C=O) groups excluding carboxylic acids is 2. The van der Waals surface area contributed by atoms with Crippen molar-refractivity contribution in [2.45, 2.75) is 25.9 Å². The van der Waals surface area contributed by atoms with Crippen molar-refractivity contribution in [2.75, 3.05) is 17.3 Å².